The van der Waals surface area contributed by atoms with E-state index in [4.69, 9.17) is 4.74 Å². The molecule has 1 heterocycles. The van der Waals surface area contributed by atoms with Gasteiger partial charge >= 0.3 is 5.69 Å². The van der Waals surface area contributed by atoms with Gasteiger partial charge in [-0.3, -0.25) is 14.8 Å². The average molecular weight is 356 g/mol. The van der Waals surface area contributed by atoms with Gasteiger partial charge in [-0.05, 0) is 13.0 Å². The van der Waals surface area contributed by atoms with Crippen LogP contribution < -0.4 is 4.74 Å². The maximum Gasteiger partial charge on any atom is 0.312 e. The molecule has 1 aromatic heterocycles. The van der Waals surface area contributed by atoms with Crippen LogP contribution in [-0.2, 0) is 13.7 Å². The van der Waals surface area contributed by atoms with Crippen LogP contribution in [0.4, 0.5) is 5.69 Å². The van der Waals surface area contributed by atoms with Crippen LogP contribution in [0.5, 0.6) is 5.75 Å². The second kappa shape index (κ2) is 6.23. The minimum absolute atomic E-state index is 0.0713. The predicted octanol–water partition coefficient (Wildman–Crippen LogP) is 2.72. The molecule has 7 nitrogen and oxygen atoms in total. The Balaban J connectivity index is 2.37. The molecule has 0 aliphatic carbocycles. The van der Waals surface area contributed by atoms with Crippen molar-refractivity contribution in [1.29, 1.82) is 0 Å². The predicted molar refractivity (Wildman–Crippen MR) is 79.0 cm³/mol. The number of aromatic nitrogens is 2. The zero-order valence-electron chi connectivity index (χ0n) is 11.5. The van der Waals surface area contributed by atoms with E-state index in [1.165, 1.54) is 13.0 Å². The average Bonchev–Trinajstić information content (AvgIpc) is 2.81. The lowest BCUT2D eigenvalue weighted by Gasteiger charge is -2.13. The summed E-state index contributed by atoms with van der Waals surface area (Å²) in [4.78, 5) is 10.6. The minimum Gasteiger partial charge on any atom is -0.482 e. The summed E-state index contributed by atoms with van der Waals surface area (Å²) in [5.41, 5.74) is 0.954. The van der Waals surface area contributed by atoms with Crippen molar-refractivity contribution in [2.45, 2.75) is 19.6 Å². The van der Waals surface area contributed by atoms with Crippen LogP contribution in [0.1, 0.15) is 24.2 Å². The zero-order chi connectivity index (χ0) is 15.6. The van der Waals surface area contributed by atoms with Crippen molar-refractivity contribution in [2.75, 3.05) is 0 Å². The molecule has 112 valence electrons. The van der Waals surface area contributed by atoms with Gasteiger partial charge in [0.1, 0.15) is 6.61 Å². The highest BCUT2D eigenvalue weighted by Crippen LogP contribution is 2.38. The molecule has 0 fully saturated rings. The van der Waals surface area contributed by atoms with Gasteiger partial charge in [-0.1, -0.05) is 15.9 Å². The number of benzene rings is 1. The lowest BCUT2D eigenvalue weighted by atomic mass is 10.1. The van der Waals surface area contributed by atoms with Crippen LogP contribution in [0.2, 0.25) is 0 Å². The van der Waals surface area contributed by atoms with Gasteiger partial charge in [-0.2, -0.15) is 5.10 Å². The minimum atomic E-state index is -0.884. The lowest BCUT2D eigenvalue weighted by Crippen LogP contribution is -2.04. The SMILES string of the molecule is CC(O)c1cc(Br)cc([N+](=O)[O-])c1OCc1cnn(C)c1. The van der Waals surface area contributed by atoms with E-state index in [1.807, 2.05) is 0 Å². The summed E-state index contributed by atoms with van der Waals surface area (Å²) in [5.74, 6) is 0.0713. The molecule has 1 aromatic carbocycles. The van der Waals surface area contributed by atoms with Gasteiger partial charge in [0, 0.05) is 34.9 Å². The van der Waals surface area contributed by atoms with Crippen molar-refractivity contribution in [3.05, 3.63) is 50.2 Å². The van der Waals surface area contributed by atoms with Crippen molar-refractivity contribution >= 4 is 21.6 Å². The molecule has 0 saturated heterocycles. The molecule has 1 atom stereocenters. The van der Waals surface area contributed by atoms with Gasteiger partial charge in [0.25, 0.3) is 0 Å². The van der Waals surface area contributed by atoms with Crippen molar-refractivity contribution < 1.29 is 14.8 Å². The fraction of sp³-hybridized carbons (Fsp3) is 0.308. The maximum absolute atomic E-state index is 11.2. The third-order valence-electron chi connectivity index (χ3n) is 2.85. The number of hydrogen-bond acceptors (Lipinski definition) is 5. The molecule has 21 heavy (non-hydrogen) atoms. The van der Waals surface area contributed by atoms with Crippen molar-refractivity contribution in [3.8, 4) is 5.75 Å². The Morgan fingerprint density at radius 1 is 1.57 bits per heavy atom. The molecule has 2 rings (SSSR count). The number of hydrogen-bond donors (Lipinski definition) is 1. The molecule has 8 heteroatoms. The quantitative estimate of drug-likeness (QED) is 0.657. The summed E-state index contributed by atoms with van der Waals surface area (Å²) in [7, 11) is 1.77. The summed E-state index contributed by atoms with van der Waals surface area (Å²) in [5, 5.41) is 25.0. The molecule has 0 aliphatic heterocycles. The highest BCUT2D eigenvalue weighted by molar-refractivity contribution is 9.10. The summed E-state index contributed by atoms with van der Waals surface area (Å²) in [6.45, 7) is 1.67. The summed E-state index contributed by atoms with van der Waals surface area (Å²) < 4.78 is 7.70. The standard InChI is InChI=1S/C13H14BrN3O4/c1-8(18)11-3-10(14)4-12(17(19)20)13(11)21-7-9-5-15-16(2)6-9/h3-6,8,18H,7H2,1-2H3. The number of nitro groups is 1. The highest BCUT2D eigenvalue weighted by Gasteiger charge is 2.23. The molecular formula is C13H14BrN3O4. The van der Waals surface area contributed by atoms with E-state index >= 15 is 0 Å². The third kappa shape index (κ3) is 3.59. The Labute approximate surface area is 129 Å². The van der Waals surface area contributed by atoms with Gasteiger partial charge in [0.2, 0.25) is 5.75 Å². The van der Waals surface area contributed by atoms with E-state index in [1.54, 1.807) is 30.2 Å². The molecule has 0 spiro atoms. The van der Waals surface area contributed by atoms with Crippen LogP contribution in [0, 0.1) is 10.1 Å². The number of aliphatic hydroxyl groups is 1. The molecule has 1 N–H and O–H groups in total. The van der Waals surface area contributed by atoms with Gasteiger partial charge in [0.15, 0.2) is 0 Å². The van der Waals surface area contributed by atoms with Crippen molar-refractivity contribution in [1.82, 2.24) is 9.78 Å². The molecule has 0 saturated carbocycles. The number of aliphatic hydroxyl groups excluding tert-OH is 1. The molecule has 0 amide bonds. The lowest BCUT2D eigenvalue weighted by molar-refractivity contribution is -0.386. The third-order valence-corrected chi connectivity index (χ3v) is 3.31. The number of ether oxygens (including phenoxy) is 1. The molecule has 0 radical (unpaired) electrons. The normalized spacial score (nSPS) is 12.2. The zero-order valence-corrected chi connectivity index (χ0v) is 13.1. The van der Waals surface area contributed by atoms with Crippen LogP contribution in [0.3, 0.4) is 0 Å². The Hall–Kier alpha value is -1.93. The maximum atomic E-state index is 11.2. The number of nitro benzene ring substituents is 1. The van der Waals surface area contributed by atoms with E-state index < -0.39 is 11.0 Å². The second-order valence-corrected chi connectivity index (χ2v) is 5.50. The molecule has 0 aliphatic rings. The van der Waals surface area contributed by atoms with E-state index in [0.717, 1.165) is 5.56 Å². The Bertz CT molecular complexity index is 669. The van der Waals surface area contributed by atoms with Crippen LogP contribution in [0.15, 0.2) is 29.0 Å². The van der Waals surface area contributed by atoms with E-state index in [9.17, 15) is 15.2 Å². The number of rotatable bonds is 5. The number of nitrogens with zero attached hydrogens (tertiary/aromatic N) is 3. The van der Waals surface area contributed by atoms with Gasteiger partial charge in [-0.25, -0.2) is 0 Å². The van der Waals surface area contributed by atoms with Gasteiger partial charge < -0.3 is 9.84 Å². The van der Waals surface area contributed by atoms with E-state index in [2.05, 4.69) is 21.0 Å². The monoisotopic (exact) mass is 355 g/mol. The first kappa shape index (κ1) is 15.5. The first-order valence-corrected chi connectivity index (χ1v) is 6.94. The van der Waals surface area contributed by atoms with E-state index in [-0.39, 0.29) is 18.0 Å². The first-order valence-electron chi connectivity index (χ1n) is 6.14. The van der Waals surface area contributed by atoms with Crippen LogP contribution in [-0.4, -0.2) is 19.8 Å². The van der Waals surface area contributed by atoms with E-state index in [0.29, 0.717) is 10.0 Å². The summed E-state index contributed by atoms with van der Waals surface area (Å²) in [6, 6.07) is 2.96. The molecular weight excluding hydrogens is 342 g/mol. The summed E-state index contributed by atoms with van der Waals surface area (Å²) >= 11 is 3.20. The molecule has 1 unspecified atom stereocenters. The Morgan fingerprint density at radius 3 is 2.81 bits per heavy atom. The highest BCUT2D eigenvalue weighted by atomic mass is 79.9. The number of aryl methyl sites for hydroxylation is 1. The number of halogens is 1. The smallest absolute Gasteiger partial charge is 0.312 e. The Morgan fingerprint density at radius 2 is 2.29 bits per heavy atom. The first-order chi connectivity index (χ1) is 9.88. The fourth-order valence-electron chi connectivity index (χ4n) is 1.90. The topological polar surface area (TPSA) is 90.4 Å². The van der Waals surface area contributed by atoms with Crippen molar-refractivity contribution in [2.24, 2.45) is 7.05 Å². The van der Waals surface area contributed by atoms with Crippen LogP contribution >= 0.6 is 15.9 Å². The molecule has 0 bridgehead atoms. The summed E-state index contributed by atoms with van der Waals surface area (Å²) in [6.07, 6.45) is 2.49. The van der Waals surface area contributed by atoms with Gasteiger partial charge in [0.05, 0.1) is 17.2 Å². The van der Waals surface area contributed by atoms with Crippen molar-refractivity contribution in [3.63, 3.8) is 0 Å². The second-order valence-electron chi connectivity index (χ2n) is 4.59. The van der Waals surface area contributed by atoms with Crippen LogP contribution in [0.25, 0.3) is 0 Å². The molecule has 2 aromatic rings. The fourth-order valence-corrected chi connectivity index (χ4v) is 2.37. The van der Waals surface area contributed by atoms with Gasteiger partial charge in [-0.15, -0.1) is 0 Å². The largest absolute Gasteiger partial charge is 0.482 e. The Kier molecular flexibility index (Phi) is 4.59.